The molecule has 0 saturated heterocycles. The lowest BCUT2D eigenvalue weighted by molar-refractivity contribution is 0.313. The standard InChI is InChI=1S/C11H23N3O/c1-3-10(6-9-4-5-9)13-7-8(2)11(12)14-15/h8-10,13,15H,3-7H2,1-2H3,(H2,12,14). The van der Waals surface area contributed by atoms with E-state index in [0.717, 1.165) is 18.9 Å². The van der Waals surface area contributed by atoms with Gasteiger partial charge in [0.15, 0.2) is 0 Å². The van der Waals surface area contributed by atoms with Gasteiger partial charge >= 0.3 is 0 Å². The maximum atomic E-state index is 8.52. The fraction of sp³-hybridized carbons (Fsp3) is 0.909. The van der Waals surface area contributed by atoms with E-state index in [4.69, 9.17) is 10.9 Å². The minimum atomic E-state index is 0.100. The van der Waals surface area contributed by atoms with Crippen LogP contribution in [0.4, 0.5) is 0 Å². The van der Waals surface area contributed by atoms with Gasteiger partial charge in [0.1, 0.15) is 5.84 Å². The number of hydrogen-bond acceptors (Lipinski definition) is 3. The molecule has 4 heteroatoms. The topological polar surface area (TPSA) is 70.6 Å². The molecule has 2 unspecified atom stereocenters. The molecular weight excluding hydrogens is 190 g/mol. The van der Waals surface area contributed by atoms with Crippen LogP contribution >= 0.6 is 0 Å². The van der Waals surface area contributed by atoms with E-state index >= 15 is 0 Å². The van der Waals surface area contributed by atoms with Gasteiger partial charge < -0.3 is 16.3 Å². The molecule has 0 aromatic rings. The monoisotopic (exact) mass is 213 g/mol. The Labute approximate surface area is 91.9 Å². The van der Waals surface area contributed by atoms with E-state index in [2.05, 4.69) is 17.4 Å². The van der Waals surface area contributed by atoms with Gasteiger partial charge in [0.2, 0.25) is 0 Å². The van der Waals surface area contributed by atoms with E-state index in [1.807, 2.05) is 6.92 Å². The summed E-state index contributed by atoms with van der Waals surface area (Å²) in [6, 6.07) is 0.589. The van der Waals surface area contributed by atoms with E-state index in [1.54, 1.807) is 0 Å². The summed E-state index contributed by atoms with van der Waals surface area (Å²) in [6.07, 6.45) is 5.22. The van der Waals surface area contributed by atoms with E-state index in [1.165, 1.54) is 19.3 Å². The molecule has 88 valence electrons. The molecule has 1 fully saturated rings. The van der Waals surface area contributed by atoms with Crippen molar-refractivity contribution in [3.63, 3.8) is 0 Å². The molecule has 0 aliphatic heterocycles. The van der Waals surface area contributed by atoms with Gasteiger partial charge in [-0.2, -0.15) is 0 Å². The first-order valence-corrected chi connectivity index (χ1v) is 5.88. The second-order valence-electron chi connectivity index (χ2n) is 4.62. The third-order valence-corrected chi connectivity index (χ3v) is 3.14. The zero-order chi connectivity index (χ0) is 11.3. The summed E-state index contributed by atoms with van der Waals surface area (Å²) in [5.74, 6) is 1.36. The largest absolute Gasteiger partial charge is 0.409 e. The van der Waals surface area contributed by atoms with Crippen LogP contribution < -0.4 is 11.1 Å². The van der Waals surface area contributed by atoms with E-state index < -0.39 is 0 Å². The average molecular weight is 213 g/mol. The fourth-order valence-electron chi connectivity index (χ4n) is 1.70. The van der Waals surface area contributed by atoms with Gasteiger partial charge in [0.25, 0.3) is 0 Å². The van der Waals surface area contributed by atoms with Crippen molar-refractivity contribution in [2.24, 2.45) is 22.7 Å². The van der Waals surface area contributed by atoms with Crippen LogP contribution in [-0.2, 0) is 0 Å². The van der Waals surface area contributed by atoms with Gasteiger partial charge in [-0.15, -0.1) is 0 Å². The highest BCUT2D eigenvalue weighted by Crippen LogP contribution is 2.33. The first-order valence-electron chi connectivity index (χ1n) is 5.88. The zero-order valence-corrected chi connectivity index (χ0v) is 9.74. The number of nitrogens with one attached hydrogen (secondary N) is 1. The van der Waals surface area contributed by atoms with Crippen LogP contribution in [0.1, 0.15) is 39.5 Å². The molecule has 4 N–H and O–H groups in total. The maximum absolute atomic E-state index is 8.52. The molecule has 0 radical (unpaired) electrons. The summed E-state index contributed by atoms with van der Waals surface area (Å²) >= 11 is 0. The van der Waals surface area contributed by atoms with Crippen molar-refractivity contribution in [2.75, 3.05) is 6.54 Å². The summed E-state index contributed by atoms with van der Waals surface area (Å²) < 4.78 is 0. The van der Waals surface area contributed by atoms with Crippen LogP contribution in [0.5, 0.6) is 0 Å². The number of hydrogen-bond donors (Lipinski definition) is 3. The molecule has 2 atom stereocenters. The van der Waals surface area contributed by atoms with Crippen molar-refractivity contribution >= 4 is 5.84 Å². The fourth-order valence-corrected chi connectivity index (χ4v) is 1.70. The molecular formula is C11H23N3O. The minimum absolute atomic E-state index is 0.100. The second-order valence-corrected chi connectivity index (χ2v) is 4.62. The normalized spacial score (nSPS) is 21.3. The Morgan fingerprint density at radius 2 is 2.27 bits per heavy atom. The highest BCUT2D eigenvalue weighted by atomic mass is 16.4. The molecule has 4 nitrogen and oxygen atoms in total. The molecule has 1 rings (SSSR count). The number of amidine groups is 1. The minimum Gasteiger partial charge on any atom is -0.409 e. The molecule has 0 aromatic heterocycles. The van der Waals surface area contributed by atoms with Gasteiger partial charge in [-0.1, -0.05) is 31.8 Å². The van der Waals surface area contributed by atoms with Crippen molar-refractivity contribution in [1.29, 1.82) is 0 Å². The molecule has 0 aromatic carbocycles. The summed E-state index contributed by atoms with van der Waals surface area (Å²) in [6.45, 7) is 4.96. The highest BCUT2D eigenvalue weighted by molar-refractivity contribution is 5.82. The summed E-state index contributed by atoms with van der Waals surface area (Å²) in [4.78, 5) is 0. The van der Waals surface area contributed by atoms with Gasteiger partial charge in [-0.05, 0) is 18.8 Å². The SMILES string of the molecule is CCC(CC1CC1)NCC(C)C(N)=NO. The average Bonchev–Trinajstić information content (AvgIpc) is 3.06. The van der Waals surface area contributed by atoms with E-state index in [-0.39, 0.29) is 5.92 Å². The number of nitrogens with two attached hydrogens (primary N) is 1. The Balaban J connectivity index is 2.20. The van der Waals surface area contributed by atoms with Gasteiger partial charge in [0.05, 0.1) is 0 Å². The lowest BCUT2D eigenvalue weighted by atomic mass is 10.1. The molecule has 1 aliphatic carbocycles. The highest BCUT2D eigenvalue weighted by Gasteiger charge is 2.24. The second kappa shape index (κ2) is 5.95. The molecule has 0 heterocycles. The Morgan fingerprint density at radius 1 is 1.60 bits per heavy atom. The van der Waals surface area contributed by atoms with Crippen molar-refractivity contribution in [3.05, 3.63) is 0 Å². The number of nitrogens with zero attached hydrogens (tertiary/aromatic N) is 1. The summed E-state index contributed by atoms with van der Waals surface area (Å²) in [7, 11) is 0. The molecule has 15 heavy (non-hydrogen) atoms. The van der Waals surface area contributed by atoms with Crippen LogP contribution in [0, 0.1) is 11.8 Å². The Bertz CT molecular complexity index is 214. The first-order chi connectivity index (χ1) is 7.17. The van der Waals surface area contributed by atoms with Crippen LogP contribution in [-0.4, -0.2) is 23.6 Å². The van der Waals surface area contributed by atoms with Gasteiger partial charge in [-0.25, -0.2) is 0 Å². The van der Waals surface area contributed by atoms with Crippen molar-refractivity contribution in [2.45, 2.75) is 45.6 Å². The van der Waals surface area contributed by atoms with E-state index in [9.17, 15) is 0 Å². The molecule has 1 saturated carbocycles. The molecule has 1 aliphatic rings. The van der Waals surface area contributed by atoms with Crippen LogP contribution in [0.2, 0.25) is 0 Å². The predicted octanol–water partition coefficient (Wildman–Crippen LogP) is 1.54. The van der Waals surface area contributed by atoms with Crippen LogP contribution in [0.3, 0.4) is 0 Å². The lowest BCUT2D eigenvalue weighted by Crippen LogP contribution is -2.37. The zero-order valence-electron chi connectivity index (χ0n) is 9.74. The predicted molar refractivity (Wildman–Crippen MR) is 62.0 cm³/mol. The van der Waals surface area contributed by atoms with Gasteiger partial charge in [-0.3, -0.25) is 0 Å². The lowest BCUT2D eigenvalue weighted by Gasteiger charge is -2.19. The Hall–Kier alpha value is -0.770. The molecule has 0 bridgehead atoms. The Kier molecular flexibility index (Phi) is 4.88. The Morgan fingerprint density at radius 3 is 2.73 bits per heavy atom. The summed E-state index contributed by atoms with van der Waals surface area (Å²) in [5.41, 5.74) is 5.52. The summed E-state index contributed by atoms with van der Waals surface area (Å²) in [5, 5.41) is 15.0. The van der Waals surface area contributed by atoms with Crippen molar-refractivity contribution in [1.82, 2.24) is 5.32 Å². The quantitative estimate of drug-likeness (QED) is 0.260. The molecule has 0 spiro atoms. The van der Waals surface area contributed by atoms with Gasteiger partial charge in [0, 0.05) is 18.5 Å². The maximum Gasteiger partial charge on any atom is 0.143 e. The number of oxime groups is 1. The third-order valence-electron chi connectivity index (χ3n) is 3.14. The van der Waals surface area contributed by atoms with E-state index in [0.29, 0.717) is 11.9 Å². The third kappa shape index (κ3) is 4.51. The molecule has 0 amide bonds. The van der Waals surface area contributed by atoms with Crippen LogP contribution in [0.15, 0.2) is 5.16 Å². The van der Waals surface area contributed by atoms with Crippen molar-refractivity contribution in [3.8, 4) is 0 Å². The first kappa shape index (κ1) is 12.3. The number of rotatable bonds is 7. The smallest absolute Gasteiger partial charge is 0.143 e. The van der Waals surface area contributed by atoms with Crippen molar-refractivity contribution < 1.29 is 5.21 Å². The van der Waals surface area contributed by atoms with Crippen LogP contribution in [0.25, 0.3) is 0 Å².